The number of carbonyl (C=O) groups excluding carboxylic acids is 1. The first-order valence-electron chi connectivity index (χ1n) is 7.35. The standard InChI is InChI=1S/C15H16N4O3/c16-9-10-8-12(5-6-13(10)19(21)22)18-7-1-2-14(18)15(20)17-11-3-4-11/h5-6,8,11,14H,1-4,7H2,(H,17,20)/t14-/m1/s1. The summed E-state index contributed by atoms with van der Waals surface area (Å²) in [6, 6.07) is 6.36. The number of hydrogen-bond donors (Lipinski definition) is 1. The van der Waals surface area contributed by atoms with Gasteiger partial charge in [-0.1, -0.05) is 0 Å². The quantitative estimate of drug-likeness (QED) is 0.674. The second kappa shape index (κ2) is 5.64. The van der Waals surface area contributed by atoms with Crippen molar-refractivity contribution >= 4 is 17.3 Å². The Morgan fingerprint density at radius 3 is 2.82 bits per heavy atom. The van der Waals surface area contributed by atoms with Gasteiger partial charge >= 0.3 is 0 Å². The van der Waals surface area contributed by atoms with Crippen molar-refractivity contribution in [3.8, 4) is 6.07 Å². The summed E-state index contributed by atoms with van der Waals surface area (Å²) in [7, 11) is 0. The summed E-state index contributed by atoms with van der Waals surface area (Å²) < 4.78 is 0. The maximum absolute atomic E-state index is 12.3. The van der Waals surface area contributed by atoms with E-state index in [9.17, 15) is 14.9 Å². The first-order chi connectivity index (χ1) is 10.6. The van der Waals surface area contributed by atoms with Gasteiger partial charge in [0, 0.05) is 24.3 Å². The lowest BCUT2D eigenvalue weighted by Gasteiger charge is -2.26. The molecule has 1 saturated heterocycles. The first kappa shape index (κ1) is 14.3. The molecule has 1 aliphatic carbocycles. The molecule has 1 saturated carbocycles. The van der Waals surface area contributed by atoms with Gasteiger partial charge in [-0.15, -0.1) is 0 Å². The van der Waals surface area contributed by atoms with Gasteiger partial charge in [-0.2, -0.15) is 5.26 Å². The summed E-state index contributed by atoms with van der Waals surface area (Å²) in [6.45, 7) is 0.714. The van der Waals surface area contributed by atoms with Crippen molar-refractivity contribution in [1.82, 2.24) is 5.32 Å². The van der Waals surface area contributed by atoms with E-state index in [0.717, 1.165) is 25.7 Å². The smallest absolute Gasteiger partial charge is 0.287 e. The monoisotopic (exact) mass is 300 g/mol. The summed E-state index contributed by atoms with van der Waals surface area (Å²) >= 11 is 0. The third-order valence-electron chi connectivity index (χ3n) is 4.11. The summed E-state index contributed by atoms with van der Waals surface area (Å²) in [4.78, 5) is 24.5. The predicted molar refractivity (Wildman–Crippen MR) is 79.3 cm³/mol. The van der Waals surface area contributed by atoms with E-state index in [1.54, 1.807) is 6.07 Å². The minimum absolute atomic E-state index is 0.0110. The second-order valence-electron chi connectivity index (χ2n) is 5.70. The van der Waals surface area contributed by atoms with E-state index >= 15 is 0 Å². The molecule has 0 spiro atoms. The number of rotatable bonds is 4. The molecule has 0 aromatic heterocycles. The number of nitro benzene ring substituents is 1. The molecule has 1 atom stereocenters. The molecule has 1 heterocycles. The Labute approximate surface area is 127 Å². The van der Waals surface area contributed by atoms with E-state index in [1.165, 1.54) is 12.1 Å². The molecule has 7 nitrogen and oxygen atoms in total. The van der Waals surface area contributed by atoms with Crippen LogP contribution in [0.2, 0.25) is 0 Å². The summed E-state index contributed by atoms with van der Waals surface area (Å²) in [5, 5.41) is 23.0. The highest BCUT2D eigenvalue weighted by atomic mass is 16.6. The van der Waals surface area contributed by atoms with Gasteiger partial charge in [0.25, 0.3) is 5.69 Å². The topological polar surface area (TPSA) is 99.3 Å². The number of carbonyl (C=O) groups is 1. The average molecular weight is 300 g/mol. The van der Waals surface area contributed by atoms with Gasteiger partial charge in [-0.3, -0.25) is 14.9 Å². The minimum Gasteiger partial charge on any atom is -0.359 e. The van der Waals surface area contributed by atoms with Crippen molar-refractivity contribution in [2.24, 2.45) is 0 Å². The minimum atomic E-state index is -0.566. The van der Waals surface area contributed by atoms with Crippen molar-refractivity contribution in [3.63, 3.8) is 0 Å². The van der Waals surface area contributed by atoms with Gasteiger partial charge in [0.05, 0.1) is 4.92 Å². The van der Waals surface area contributed by atoms with Crippen LogP contribution in [-0.2, 0) is 4.79 Å². The molecular formula is C15H16N4O3. The molecule has 1 amide bonds. The number of amides is 1. The highest BCUT2D eigenvalue weighted by molar-refractivity contribution is 5.86. The number of nitrogens with one attached hydrogen (secondary N) is 1. The Hall–Kier alpha value is -2.62. The van der Waals surface area contributed by atoms with Gasteiger partial charge in [-0.25, -0.2) is 0 Å². The van der Waals surface area contributed by atoms with Crippen LogP contribution < -0.4 is 10.2 Å². The number of nitriles is 1. The van der Waals surface area contributed by atoms with Crippen LogP contribution in [0.4, 0.5) is 11.4 Å². The van der Waals surface area contributed by atoms with Crippen LogP contribution in [0.3, 0.4) is 0 Å². The van der Waals surface area contributed by atoms with Crippen LogP contribution in [0.25, 0.3) is 0 Å². The Morgan fingerprint density at radius 2 is 2.18 bits per heavy atom. The van der Waals surface area contributed by atoms with Crippen LogP contribution in [0.15, 0.2) is 18.2 Å². The first-order valence-corrected chi connectivity index (χ1v) is 7.35. The van der Waals surface area contributed by atoms with E-state index in [2.05, 4.69) is 5.32 Å². The lowest BCUT2D eigenvalue weighted by Crippen LogP contribution is -2.44. The Morgan fingerprint density at radius 1 is 1.41 bits per heavy atom. The van der Waals surface area contributed by atoms with E-state index in [-0.39, 0.29) is 23.2 Å². The fourth-order valence-corrected chi connectivity index (χ4v) is 2.82. The van der Waals surface area contributed by atoms with E-state index in [4.69, 9.17) is 5.26 Å². The van der Waals surface area contributed by atoms with E-state index in [1.807, 2.05) is 11.0 Å². The lowest BCUT2D eigenvalue weighted by atomic mass is 10.1. The van der Waals surface area contributed by atoms with Crippen molar-refractivity contribution in [3.05, 3.63) is 33.9 Å². The zero-order chi connectivity index (χ0) is 15.7. The number of benzene rings is 1. The predicted octanol–water partition coefficient (Wildman–Crippen LogP) is 1.71. The van der Waals surface area contributed by atoms with Crippen LogP contribution >= 0.6 is 0 Å². The fourth-order valence-electron chi connectivity index (χ4n) is 2.82. The number of anilines is 1. The van der Waals surface area contributed by atoms with Crippen molar-refractivity contribution in [2.45, 2.75) is 37.8 Å². The maximum Gasteiger partial charge on any atom is 0.287 e. The van der Waals surface area contributed by atoms with Gasteiger partial charge in [0.2, 0.25) is 5.91 Å². The van der Waals surface area contributed by atoms with Crippen LogP contribution in [0, 0.1) is 21.4 Å². The number of hydrogen-bond acceptors (Lipinski definition) is 5. The third kappa shape index (κ3) is 2.72. The largest absolute Gasteiger partial charge is 0.359 e. The Kier molecular flexibility index (Phi) is 3.67. The second-order valence-corrected chi connectivity index (χ2v) is 5.70. The zero-order valence-corrected chi connectivity index (χ0v) is 12.0. The Balaban J connectivity index is 1.84. The Bertz CT molecular complexity index is 663. The van der Waals surface area contributed by atoms with Crippen molar-refractivity contribution in [2.75, 3.05) is 11.4 Å². The number of nitrogens with zero attached hydrogens (tertiary/aromatic N) is 3. The normalized spacial score (nSPS) is 20.5. The molecular weight excluding hydrogens is 284 g/mol. The summed E-state index contributed by atoms with van der Waals surface area (Å²) in [6.07, 6.45) is 3.72. The van der Waals surface area contributed by atoms with Crippen LogP contribution in [0.1, 0.15) is 31.2 Å². The molecule has 22 heavy (non-hydrogen) atoms. The van der Waals surface area contributed by atoms with Crippen LogP contribution in [-0.4, -0.2) is 29.5 Å². The summed E-state index contributed by atoms with van der Waals surface area (Å²) in [5.74, 6) is 0.0110. The highest BCUT2D eigenvalue weighted by Crippen LogP contribution is 2.30. The van der Waals surface area contributed by atoms with Gasteiger partial charge in [0.1, 0.15) is 17.7 Å². The summed E-state index contributed by atoms with van der Waals surface area (Å²) in [5.41, 5.74) is 0.510. The molecule has 3 rings (SSSR count). The lowest BCUT2D eigenvalue weighted by molar-refractivity contribution is -0.385. The molecule has 114 valence electrons. The molecule has 1 aromatic carbocycles. The third-order valence-corrected chi connectivity index (χ3v) is 4.11. The molecule has 0 radical (unpaired) electrons. The maximum atomic E-state index is 12.3. The average Bonchev–Trinajstić information content (AvgIpc) is 3.18. The zero-order valence-electron chi connectivity index (χ0n) is 12.0. The molecule has 1 aliphatic heterocycles. The van der Waals surface area contributed by atoms with Crippen molar-refractivity contribution in [1.29, 1.82) is 5.26 Å². The molecule has 0 bridgehead atoms. The molecule has 1 aromatic rings. The van der Waals surface area contributed by atoms with Crippen molar-refractivity contribution < 1.29 is 9.72 Å². The molecule has 2 aliphatic rings. The van der Waals surface area contributed by atoms with E-state index in [0.29, 0.717) is 18.3 Å². The molecule has 2 fully saturated rings. The van der Waals surface area contributed by atoms with E-state index < -0.39 is 4.92 Å². The van der Waals surface area contributed by atoms with Crippen LogP contribution in [0.5, 0.6) is 0 Å². The number of nitro groups is 1. The molecule has 1 N–H and O–H groups in total. The fraction of sp³-hybridized carbons (Fsp3) is 0.467. The highest BCUT2D eigenvalue weighted by Gasteiger charge is 2.34. The SMILES string of the molecule is N#Cc1cc(N2CCC[C@@H]2C(=O)NC2CC2)ccc1[N+](=O)[O-]. The van der Waals surface area contributed by atoms with Gasteiger partial charge in [-0.05, 0) is 37.8 Å². The molecule has 7 heteroatoms. The van der Waals surface area contributed by atoms with Gasteiger partial charge < -0.3 is 10.2 Å². The van der Waals surface area contributed by atoms with Gasteiger partial charge in [0.15, 0.2) is 0 Å². The molecule has 0 unspecified atom stereocenters.